The zero-order valence-corrected chi connectivity index (χ0v) is 12.0. The van der Waals surface area contributed by atoms with Crippen molar-refractivity contribution in [1.29, 1.82) is 0 Å². The lowest BCUT2D eigenvalue weighted by molar-refractivity contribution is -0.116. The summed E-state index contributed by atoms with van der Waals surface area (Å²) in [5.41, 5.74) is -0.193. The van der Waals surface area contributed by atoms with E-state index in [2.05, 4.69) is 5.32 Å². The average Bonchev–Trinajstić information content (AvgIpc) is 2.31. The molecule has 0 saturated carbocycles. The topological polar surface area (TPSA) is 66.5 Å². The lowest BCUT2D eigenvalue weighted by Gasteiger charge is -2.18. The molecule has 8 heteroatoms. The van der Waals surface area contributed by atoms with Gasteiger partial charge in [-0.3, -0.25) is 4.79 Å². The first-order valence-corrected chi connectivity index (χ1v) is 7.79. The van der Waals surface area contributed by atoms with Gasteiger partial charge in [-0.25, -0.2) is 17.2 Å². The van der Waals surface area contributed by atoms with Crippen molar-refractivity contribution in [1.82, 2.24) is 4.31 Å². The second-order valence-electron chi connectivity index (χ2n) is 4.27. The van der Waals surface area contributed by atoms with E-state index in [1.54, 1.807) is 6.92 Å². The van der Waals surface area contributed by atoms with Crippen molar-refractivity contribution < 1.29 is 22.0 Å². The smallest absolute Gasteiger partial charge is 0.239 e. The Kier molecular flexibility index (Phi) is 5.58. The quantitative estimate of drug-likeness (QED) is 0.867. The molecule has 1 amide bonds. The van der Waals surface area contributed by atoms with E-state index in [9.17, 15) is 22.0 Å². The Balaban J connectivity index is 2.75. The van der Waals surface area contributed by atoms with Gasteiger partial charge >= 0.3 is 0 Å². The summed E-state index contributed by atoms with van der Waals surface area (Å²) in [6.07, 6.45) is 1.54. The molecular formula is C12H16F2N2O3S. The predicted molar refractivity (Wildman–Crippen MR) is 71.7 cm³/mol. The average molecular weight is 306 g/mol. The molecule has 0 bridgehead atoms. The predicted octanol–water partition coefficient (Wildman–Crippen LogP) is 1.57. The molecule has 0 fully saturated rings. The van der Waals surface area contributed by atoms with Gasteiger partial charge in [-0.05, 0) is 18.6 Å². The van der Waals surface area contributed by atoms with Gasteiger partial charge in [0.2, 0.25) is 15.9 Å². The van der Waals surface area contributed by atoms with Crippen LogP contribution in [0.15, 0.2) is 18.2 Å². The molecule has 1 aromatic rings. The van der Waals surface area contributed by atoms with E-state index in [1.807, 2.05) is 0 Å². The second kappa shape index (κ2) is 6.76. The van der Waals surface area contributed by atoms with Gasteiger partial charge in [-0.15, -0.1) is 0 Å². The van der Waals surface area contributed by atoms with Crippen LogP contribution in [0.1, 0.15) is 13.3 Å². The van der Waals surface area contributed by atoms with E-state index in [4.69, 9.17) is 0 Å². The maximum Gasteiger partial charge on any atom is 0.239 e. The number of carbonyl (C=O) groups excluding carboxylic acids is 1. The number of nitrogens with zero attached hydrogens (tertiary/aromatic N) is 1. The van der Waals surface area contributed by atoms with Crippen LogP contribution in [0.25, 0.3) is 0 Å². The summed E-state index contributed by atoms with van der Waals surface area (Å²) >= 11 is 0. The molecular weight excluding hydrogens is 290 g/mol. The fourth-order valence-electron chi connectivity index (χ4n) is 1.55. The minimum atomic E-state index is -3.51. The molecule has 5 nitrogen and oxygen atoms in total. The number of hydrogen-bond donors (Lipinski definition) is 1. The van der Waals surface area contributed by atoms with Crippen LogP contribution < -0.4 is 5.32 Å². The highest BCUT2D eigenvalue weighted by molar-refractivity contribution is 7.88. The van der Waals surface area contributed by atoms with Gasteiger partial charge in [0.05, 0.1) is 18.5 Å². The van der Waals surface area contributed by atoms with Crippen LogP contribution in [0.5, 0.6) is 0 Å². The van der Waals surface area contributed by atoms with E-state index in [0.717, 1.165) is 22.7 Å². The van der Waals surface area contributed by atoms with Crippen LogP contribution in [-0.4, -0.2) is 38.0 Å². The van der Waals surface area contributed by atoms with Crippen molar-refractivity contribution in [2.24, 2.45) is 0 Å². The SMILES string of the molecule is CCCN(CC(=O)Nc1ccc(F)cc1F)S(C)(=O)=O. The summed E-state index contributed by atoms with van der Waals surface area (Å²) in [6, 6.07) is 2.71. The molecule has 0 atom stereocenters. The Hall–Kier alpha value is -1.54. The summed E-state index contributed by atoms with van der Waals surface area (Å²) in [6.45, 7) is 1.55. The van der Waals surface area contributed by atoms with Crippen molar-refractivity contribution in [3.05, 3.63) is 29.8 Å². The number of nitrogens with one attached hydrogen (secondary N) is 1. The summed E-state index contributed by atoms with van der Waals surface area (Å²) in [5.74, 6) is -2.36. The third-order valence-electron chi connectivity index (χ3n) is 2.47. The molecule has 0 aromatic heterocycles. The fourth-order valence-corrected chi connectivity index (χ4v) is 2.42. The molecule has 0 aliphatic heterocycles. The molecule has 0 radical (unpaired) electrons. The number of amides is 1. The Morgan fingerprint density at radius 2 is 2.00 bits per heavy atom. The first-order chi connectivity index (χ1) is 9.24. The molecule has 0 aliphatic carbocycles. The van der Waals surface area contributed by atoms with Crippen molar-refractivity contribution in [2.75, 3.05) is 24.7 Å². The summed E-state index contributed by atoms with van der Waals surface area (Å²) in [7, 11) is -3.51. The first-order valence-electron chi connectivity index (χ1n) is 5.94. The summed E-state index contributed by atoms with van der Waals surface area (Å²) in [4.78, 5) is 11.7. The summed E-state index contributed by atoms with van der Waals surface area (Å²) in [5, 5.41) is 2.21. The molecule has 112 valence electrons. The number of benzene rings is 1. The third kappa shape index (κ3) is 4.86. The maximum absolute atomic E-state index is 13.3. The molecule has 0 spiro atoms. The van der Waals surface area contributed by atoms with Gasteiger partial charge in [0.25, 0.3) is 0 Å². The van der Waals surface area contributed by atoms with Crippen LogP contribution in [-0.2, 0) is 14.8 Å². The van der Waals surface area contributed by atoms with Gasteiger partial charge in [0.1, 0.15) is 11.6 Å². The largest absolute Gasteiger partial charge is 0.322 e. The number of anilines is 1. The van der Waals surface area contributed by atoms with Gasteiger partial charge in [0.15, 0.2) is 0 Å². The van der Waals surface area contributed by atoms with Crippen molar-refractivity contribution in [2.45, 2.75) is 13.3 Å². The van der Waals surface area contributed by atoms with Crippen LogP contribution in [0.2, 0.25) is 0 Å². The minimum absolute atomic E-state index is 0.193. The minimum Gasteiger partial charge on any atom is -0.322 e. The fraction of sp³-hybridized carbons (Fsp3) is 0.417. The Bertz CT molecular complexity index is 590. The molecule has 0 unspecified atom stereocenters. The Morgan fingerprint density at radius 1 is 1.35 bits per heavy atom. The Labute approximate surface area is 116 Å². The van der Waals surface area contributed by atoms with E-state index in [0.29, 0.717) is 12.5 Å². The van der Waals surface area contributed by atoms with Gasteiger partial charge < -0.3 is 5.32 Å². The van der Waals surface area contributed by atoms with Crippen LogP contribution in [0, 0.1) is 11.6 Å². The van der Waals surface area contributed by atoms with E-state index >= 15 is 0 Å². The number of halogens is 2. The monoisotopic (exact) mass is 306 g/mol. The van der Waals surface area contributed by atoms with Crippen LogP contribution >= 0.6 is 0 Å². The first kappa shape index (κ1) is 16.5. The van der Waals surface area contributed by atoms with Crippen molar-refractivity contribution in [3.63, 3.8) is 0 Å². The normalized spacial score (nSPS) is 11.7. The van der Waals surface area contributed by atoms with Crippen LogP contribution in [0.3, 0.4) is 0 Å². The lowest BCUT2D eigenvalue weighted by Crippen LogP contribution is -2.37. The van der Waals surface area contributed by atoms with Gasteiger partial charge in [0, 0.05) is 12.6 Å². The number of hydrogen-bond acceptors (Lipinski definition) is 3. The maximum atomic E-state index is 13.3. The summed E-state index contributed by atoms with van der Waals surface area (Å²) < 4.78 is 49.9. The molecule has 0 saturated heterocycles. The highest BCUT2D eigenvalue weighted by Gasteiger charge is 2.19. The van der Waals surface area contributed by atoms with Crippen molar-refractivity contribution in [3.8, 4) is 0 Å². The number of rotatable bonds is 6. The highest BCUT2D eigenvalue weighted by Crippen LogP contribution is 2.15. The number of sulfonamides is 1. The van der Waals surface area contributed by atoms with E-state index < -0.39 is 34.1 Å². The Morgan fingerprint density at radius 3 is 2.50 bits per heavy atom. The zero-order valence-electron chi connectivity index (χ0n) is 11.2. The molecule has 0 aliphatic rings. The third-order valence-corrected chi connectivity index (χ3v) is 3.72. The molecule has 1 rings (SSSR count). The second-order valence-corrected chi connectivity index (χ2v) is 6.25. The molecule has 1 N–H and O–H groups in total. The van der Waals surface area contributed by atoms with Gasteiger partial charge in [-0.2, -0.15) is 4.31 Å². The molecule has 20 heavy (non-hydrogen) atoms. The van der Waals surface area contributed by atoms with Crippen molar-refractivity contribution >= 4 is 21.6 Å². The van der Waals surface area contributed by atoms with Gasteiger partial charge in [-0.1, -0.05) is 6.92 Å². The van der Waals surface area contributed by atoms with E-state index in [-0.39, 0.29) is 12.2 Å². The highest BCUT2D eigenvalue weighted by atomic mass is 32.2. The zero-order chi connectivity index (χ0) is 15.3. The number of carbonyl (C=O) groups is 1. The molecule has 1 aromatic carbocycles. The van der Waals surface area contributed by atoms with Crippen LogP contribution in [0.4, 0.5) is 14.5 Å². The van der Waals surface area contributed by atoms with E-state index in [1.165, 1.54) is 0 Å². The standard InChI is InChI=1S/C12H16F2N2O3S/c1-3-6-16(20(2,18)19)8-12(17)15-11-5-4-9(13)7-10(11)14/h4-5,7H,3,6,8H2,1-2H3,(H,15,17). The molecule has 0 heterocycles. The lowest BCUT2D eigenvalue weighted by atomic mass is 10.3.